The van der Waals surface area contributed by atoms with E-state index in [1.165, 1.54) is 5.56 Å². The van der Waals surface area contributed by atoms with Crippen molar-refractivity contribution in [3.05, 3.63) is 60.3 Å². The Bertz CT molecular complexity index is 375. The molecule has 0 saturated heterocycles. The SMILES string of the molecule is c1ccc(COCCNc2ccccn2)cc1. The van der Waals surface area contributed by atoms with E-state index in [2.05, 4.69) is 22.4 Å². The average molecular weight is 228 g/mol. The summed E-state index contributed by atoms with van der Waals surface area (Å²) in [5, 5.41) is 3.19. The molecule has 88 valence electrons. The standard InChI is InChI=1S/C14H16N2O/c1-2-6-13(7-3-1)12-17-11-10-16-14-8-4-5-9-15-14/h1-9H,10-12H2,(H,15,16). The zero-order chi connectivity index (χ0) is 11.8. The Morgan fingerprint density at radius 2 is 1.82 bits per heavy atom. The number of hydrogen-bond donors (Lipinski definition) is 1. The summed E-state index contributed by atoms with van der Waals surface area (Å²) in [6.45, 7) is 2.10. The molecule has 0 bridgehead atoms. The monoisotopic (exact) mass is 228 g/mol. The number of rotatable bonds is 6. The smallest absolute Gasteiger partial charge is 0.125 e. The molecule has 0 amide bonds. The Kier molecular flexibility index (Phi) is 4.55. The fraction of sp³-hybridized carbons (Fsp3) is 0.214. The molecule has 1 aromatic carbocycles. The number of hydrogen-bond acceptors (Lipinski definition) is 3. The normalized spacial score (nSPS) is 10.1. The molecule has 0 saturated carbocycles. The summed E-state index contributed by atoms with van der Waals surface area (Å²) in [7, 11) is 0. The Morgan fingerprint density at radius 3 is 2.59 bits per heavy atom. The fourth-order valence-electron chi connectivity index (χ4n) is 1.48. The van der Waals surface area contributed by atoms with Crippen molar-refractivity contribution in [2.75, 3.05) is 18.5 Å². The molecular weight excluding hydrogens is 212 g/mol. The van der Waals surface area contributed by atoms with E-state index in [0.717, 1.165) is 12.4 Å². The number of nitrogens with zero attached hydrogens (tertiary/aromatic N) is 1. The number of pyridine rings is 1. The molecule has 1 aromatic heterocycles. The molecule has 17 heavy (non-hydrogen) atoms. The maximum atomic E-state index is 5.55. The maximum Gasteiger partial charge on any atom is 0.125 e. The summed E-state index contributed by atoms with van der Waals surface area (Å²) in [5.41, 5.74) is 1.20. The molecule has 0 atom stereocenters. The molecule has 3 nitrogen and oxygen atoms in total. The lowest BCUT2D eigenvalue weighted by Gasteiger charge is -2.06. The van der Waals surface area contributed by atoms with Gasteiger partial charge >= 0.3 is 0 Å². The summed E-state index contributed by atoms with van der Waals surface area (Å²) in [6.07, 6.45) is 1.77. The van der Waals surface area contributed by atoms with Crippen LogP contribution < -0.4 is 5.32 Å². The minimum atomic E-state index is 0.657. The van der Waals surface area contributed by atoms with Crippen LogP contribution in [-0.4, -0.2) is 18.1 Å². The Labute approximate surface area is 101 Å². The van der Waals surface area contributed by atoms with Crippen LogP contribution in [-0.2, 0) is 11.3 Å². The molecular formula is C14H16N2O. The van der Waals surface area contributed by atoms with Crippen molar-refractivity contribution in [1.29, 1.82) is 0 Å². The summed E-state index contributed by atoms with van der Waals surface area (Å²) >= 11 is 0. The van der Waals surface area contributed by atoms with Crippen molar-refractivity contribution in [2.24, 2.45) is 0 Å². The van der Waals surface area contributed by atoms with Gasteiger partial charge in [0.2, 0.25) is 0 Å². The molecule has 2 rings (SSSR count). The van der Waals surface area contributed by atoms with Gasteiger partial charge in [0.1, 0.15) is 5.82 Å². The first kappa shape index (κ1) is 11.6. The van der Waals surface area contributed by atoms with Crippen LogP contribution in [0, 0.1) is 0 Å². The Morgan fingerprint density at radius 1 is 1.00 bits per heavy atom. The zero-order valence-electron chi connectivity index (χ0n) is 9.67. The number of ether oxygens (including phenoxy) is 1. The van der Waals surface area contributed by atoms with Gasteiger partial charge in [-0.2, -0.15) is 0 Å². The highest BCUT2D eigenvalue weighted by Gasteiger charge is 1.93. The first-order chi connectivity index (χ1) is 8.45. The highest BCUT2D eigenvalue weighted by molar-refractivity contribution is 5.32. The number of benzene rings is 1. The summed E-state index contributed by atoms with van der Waals surface area (Å²) in [5.74, 6) is 0.885. The van der Waals surface area contributed by atoms with Gasteiger partial charge in [0, 0.05) is 12.7 Å². The molecule has 0 spiro atoms. The van der Waals surface area contributed by atoms with E-state index in [4.69, 9.17) is 4.74 Å². The second kappa shape index (κ2) is 6.66. The van der Waals surface area contributed by atoms with Crippen molar-refractivity contribution >= 4 is 5.82 Å². The van der Waals surface area contributed by atoms with Gasteiger partial charge in [0.25, 0.3) is 0 Å². The van der Waals surface area contributed by atoms with E-state index in [-0.39, 0.29) is 0 Å². The Hall–Kier alpha value is -1.87. The van der Waals surface area contributed by atoms with Crippen molar-refractivity contribution in [1.82, 2.24) is 4.98 Å². The maximum absolute atomic E-state index is 5.55. The third-order valence-electron chi connectivity index (χ3n) is 2.33. The Balaban J connectivity index is 1.61. The molecule has 0 radical (unpaired) electrons. The molecule has 1 N–H and O–H groups in total. The van der Waals surface area contributed by atoms with Crippen LogP contribution in [0.3, 0.4) is 0 Å². The summed E-state index contributed by atoms with van der Waals surface area (Å²) in [6, 6.07) is 16.0. The van der Waals surface area contributed by atoms with E-state index in [9.17, 15) is 0 Å². The van der Waals surface area contributed by atoms with E-state index in [0.29, 0.717) is 13.2 Å². The summed E-state index contributed by atoms with van der Waals surface area (Å²) < 4.78 is 5.55. The fourth-order valence-corrected chi connectivity index (χ4v) is 1.48. The van der Waals surface area contributed by atoms with Crippen molar-refractivity contribution in [3.8, 4) is 0 Å². The van der Waals surface area contributed by atoms with E-state index >= 15 is 0 Å². The topological polar surface area (TPSA) is 34.1 Å². The molecule has 2 aromatic rings. The van der Waals surface area contributed by atoms with Crippen LogP contribution in [0.2, 0.25) is 0 Å². The van der Waals surface area contributed by atoms with Crippen LogP contribution in [0.4, 0.5) is 5.82 Å². The lowest BCUT2D eigenvalue weighted by molar-refractivity contribution is 0.130. The quantitative estimate of drug-likeness (QED) is 0.772. The van der Waals surface area contributed by atoms with E-state index in [1.807, 2.05) is 36.4 Å². The number of nitrogens with one attached hydrogen (secondary N) is 1. The number of anilines is 1. The molecule has 1 heterocycles. The molecule has 0 unspecified atom stereocenters. The number of aromatic nitrogens is 1. The minimum absolute atomic E-state index is 0.657. The highest BCUT2D eigenvalue weighted by atomic mass is 16.5. The van der Waals surface area contributed by atoms with Gasteiger partial charge < -0.3 is 10.1 Å². The average Bonchev–Trinajstić information content (AvgIpc) is 2.41. The summed E-state index contributed by atoms with van der Waals surface area (Å²) in [4.78, 5) is 4.17. The molecule has 3 heteroatoms. The predicted octanol–water partition coefficient (Wildman–Crippen LogP) is 2.71. The third kappa shape index (κ3) is 4.25. The van der Waals surface area contributed by atoms with Gasteiger partial charge in [0.15, 0.2) is 0 Å². The van der Waals surface area contributed by atoms with Gasteiger partial charge in [-0.25, -0.2) is 4.98 Å². The molecule has 0 aliphatic heterocycles. The van der Waals surface area contributed by atoms with E-state index < -0.39 is 0 Å². The van der Waals surface area contributed by atoms with Crippen LogP contribution in [0.5, 0.6) is 0 Å². The first-order valence-corrected chi connectivity index (χ1v) is 5.72. The minimum Gasteiger partial charge on any atom is -0.375 e. The van der Waals surface area contributed by atoms with Gasteiger partial charge in [-0.05, 0) is 17.7 Å². The second-order valence-corrected chi connectivity index (χ2v) is 3.68. The lowest BCUT2D eigenvalue weighted by atomic mass is 10.2. The highest BCUT2D eigenvalue weighted by Crippen LogP contribution is 2.01. The van der Waals surface area contributed by atoms with Crippen molar-refractivity contribution < 1.29 is 4.74 Å². The molecule has 0 aliphatic carbocycles. The van der Waals surface area contributed by atoms with Crippen molar-refractivity contribution in [3.63, 3.8) is 0 Å². The van der Waals surface area contributed by atoms with Crippen LogP contribution in [0.25, 0.3) is 0 Å². The van der Waals surface area contributed by atoms with Crippen LogP contribution >= 0.6 is 0 Å². The lowest BCUT2D eigenvalue weighted by Crippen LogP contribution is -2.10. The largest absolute Gasteiger partial charge is 0.375 e. The zero-order valence-corrected chi connectivity index (χ0v) is 9.67. The van der Waals surface area contributed by atoms with Gasteiger partial charge in [-0.1, -0.05) is 36.4 Å². The van der Waals surface area contributed by atoms with Crippen LogP contribution in [0.15, 0.2) is 54.7 Å². The van der Waals surface area contributed by atoms with Gasteiger partial charge in [0.05, 0.1) is 13.2 Å². The van der Waals surface area contributed by atoms with Crippen molar-refractivity contribution in [2.45, 2.75) is 6.61 Å². The first-order valence-electron chi connectivity index (χ1n) is 5.72. The van der Waals surface area contributed by atoms with Gasteiger partial charge in [-0.3, -0.25) is 0 Å². The molecule has 0 fully saturated rings. The molecule has 0 aliphatic rings. The van der Waals surface area contributed by atoms with Crippen LogP contribution in [0.1, 0.15) is 5.56 Å². The predicted molar refractivity (Wildman–Crippen MR) is 68.8 cm³/mol. The van der Waals surface area contributed by atoms with E-state index in [1.54, 1.807) is 6.20 Å². The second-order valence-electron chi connectivity index (χ2n) is 3.68. The third-order valence-corrected chi connectivity index (χ3v) is 2.33. The van der Waals surface area contributed by atoms with Gasteiger partial charge in [-0.15, -0.1) is 0 Å².